The van der Waals surface area contributed by atoms with Crippen LogP contribution in [0.15, 0.2) is 0 Å². The fourth-order valence-corrected chi connectivity index (χ4v) is 1.40. The van der Waals surface area contributed by atoms with E-state index in [1.807, 2.05) is 13.8 Å². The predicted octanol–water partition coefficient (Wildman–Crippen LogP) is 1.95. The summed E-state index contributed by atoms with van der Waals surface area (Å²) in [7, 11) is 4.83. The van der Waals surface area contributed by atoms with Crippen LogP contribution in [-0.4, -0.2) is 43.9 Å². The molecule has 1 N–H and O–H groups in total. The third kappa shape index (κ3) is 6.43. The van der Waals surface area contributed by atoms with E-state index in [1.165, 1.54) is 0 Å². The Balaban J connectivity index is 4.13. The first kappa shape index (κ1) is 15.8. The standard InChI is InChI=1S/C12H26O4/c1-11(2,16-6)7-8-12(3,13)9-10(14-4)15-5/h10,13H,7-9H2,1-6H3. The van der Waals surface area contributed by atoms with Crippen molar-refractivity contribution in [2.75, 3.05) is 21.3 Å². The summed E-state index contributed by atoms with van der Waals surface area (Å²) < 4.78 is 15.5. The lowest BCUT2D eigenvalue weighted by atomic mass is 9.90. The molecular formula is C12H26O4. The zero-order chi connectivity index (χ0) is 12.8. The quantitative estimate of drug-likeness (QED) is 0.652. The van der Waals surface area contributed by atoms with Gasteiger partial charge in [0.15, 0.2) is 6.29 Å². The van der Waals surface area contributed by atoms with Gasteiger partial charge in [-0.1, -0.05) is 0 Å². The van der Waals surface area contributed by atoms with Gasteiger partial charge in [0.2, 0.25) is 0 Å². The molecule has 0 aliphatic rings. The molecule has 0 heterocycles. The van der Waals surface area contributed by atoms with Crippen LogP contribution in [0.3, 0.4) is 0 Å². The molecule has 0 aliphatic heterocycles. The van der Waals surface area contributed by atoms with E-state index in [4.69, 9.17) is 14.2 Å². The highest BCUT2D eigenvalue weighted by molar-refractivity contribution is 4.79. The highest BCUT2D eigenvalue weighted by atomic mass is 16.7. The molecule has 0 spiro atoms. The van der Waals surface area contributed by atoms with Gasteiger partial charge in [-0.3, -0.25) is 0 Å². The number of ether oxygens (including phenoxy) is 3. The molecule has 0 aromatic carbocycles. The summed E-state index contributed by atoms with van der Waals surface area (Å²) in [5, 5.41) is 10.2. The summed E-state index contributed by atoms with van der Waals surface area (Å²) >= 11 is 0. The van der Waals surface area contributed by atoms with Gasteiger partial charge in [0.05, 0.1) is 11.2 Å². The van der Waals surface area contributed by atoms with E-state index in [-0.39, 0.29) is 11.9 Å². The number of hydrogen-bond donors (Lipinski definition) is 1. The number of hydrogen-bond acceptors (Lipinski definition) is 4. The molecule has 0 aliphatic carbocycles. The van der Waals surface area contributed by atoms with E-state index in [0.29, 0.717) is 12.8 Å². The van der Waals surface area contributed by atoms with Gasteiger partial charge in [-0.15, -0.1) is 0 Å². The smallest absolute Gasteiger partial charge is 0.159 e. The summed E-state index contributed by atoms with van der Waals surface area (Å²) in [6.45, 7) is 5.81. The van der Waals surface area contributed by atoms with Gasteiger partial charge in [0.25, 0.3) is 0 Å². The molecule has 0 aromatic rings. The van der Waals surface area contributed by atoms with E-state index in [0.717, 1.165) is 6.42 Å². The van der Waals surface area contributed by atoms with Crippen molar-refractivity contribution in [2.24, 2.45) is 0 Å². The van der Waals surface area contributed by atoms with Crippen LogP contribution in [0, 0.1) is 0 Å². The molecule has 4 heteroatoms. The zero-order valence-corrected chi connectivity index (χ0v) is 11.4. The molecule has 16 heavy (non-hydrogen) atoms. The van der Waals surface area contributed by atoms with Crippen molar-refractivity contribution in [1.82, 2.24) is 0 Å². The Morgan fingerprint density at radius 2 is 1.50 bits per heavy atom. The monoisotopic (exact) mass is 234 g/mol. The largest absolute Gasteiger partial charge is 0.390 e. The van der Waals surface area contributed by atoms with Gasteiger partial charge >= 0.3 is 0 Å². The lowest BCUT2D eigenvalue weighted by Gasteiger charge is -2.31. The average molecular weight is 234 g/mol. The molecule has 0 bridgehead atoms. The molecule has 0 saturated carbocycles. The SMILES string of the molecule is COC(CC(C)(O)CCC(C)(C)OC)OC. The summed E-state index contributed by atoms with van der Waals surface area (Å²) in [5.41, 5.74) is -1.01. The van der Waals surface area contributed by atoms with Gasteiger partial charge in [-0.05, 0) is 33.6 Å². The Bertz CT molecular complexity index is 185. The molecule has 1 unspecified atom stereocenters. The zero-order valence-electron chi connectivity index (χ0n) is 11.4. The molecule has 0 amide bonds. The van der Waals surface area contributed by atoms with Crippen LogP contribution in [0.5, 0.6) is 0 Å². The molecule has 0 saturated heterocycles. The number of aliphatic hydroxyl groups is 1. The second kappa shape index (κ2) is 6.55. The minimum absolute atomic E-state index is 0.209. The Kier molecular flexibility index (Phi) is 6.48. The first-order valence-electron chi connectivity index (χ1n) is 5.59. The summed E-state index contributed by atoms with van der Waals surface area (Å²) in [5.74, 6) is 0. The first-order chi connectivity index (χ1) is 7.26. The van der Waals surface area contributed by atoms with E-state index in [9.17, 15) is 5.11 Å². The van der Waals surface area contributed by atoms with Crippen molar-refractivity contribution in [3.05, 3.63) is 0 Å². The van der Waals surface area contributed by atoms with Crippen molar-refractivity contribution in [3.63, 3.8) is 0 Å². The minimum Gasteiger partial charge on any atom is -0.390 e. The van der Waals surface area contributed by atoms with Crippen LogP contribution in [-0.2, 0) is 14.2 Å². The van der Waals surface area contributed by atoms with Gasteiger partial charge in [0, 0.05) is 27.8 Å². The van der Waals surface area contributed by atoms with Crippen molar-refractivity contribution in [3.8, 4) is 0 Å². The Hall–Kier alpha value is -0.160. The molecule has 4 nitrogen and oxygen atoms in total. The van der Waals surface area contributed by atoms with E-state index < -0.39 is 5.60 Å². The van der Waals surface area contributed by atoms with Crippen molar-refractivity contribution < 1.29 is 19.3 Å². The summed E-state index contributed by atoms with van der Waals surface area (Å²) in [6, 6.07) is 0. The van der Waals surface area contributed by atoms with Crippen molar-refractivity contribution in [1.29, 1.82) is 0 Å². The van der Waals surface area contributed by atoms with E-state index in [1.54, 1.807) is 28.3 Å². The third-order valence-corrected chi connectivity index (χ3v) is 2.95. The molecule has 0 rings (SSSR count). The second-order valence-corrected chi connectivity index (χ2v) is 5.07. The molecule has 0 fully saturated rings. The molecule has 98 valence electrons. The maximum Gasteiger partial charge on any atom is 0.159 e. The highest BCUT2D eigenvalue weighted by Crippen LogP contribution is 2.25. The van der Waals surface area contributed by atoms with Crippen LogP contribution in [0.4, 0.5) is 0 Å². The van der Waals surface area contributed by atoms with Gasteiger partial charge in [0.1, 0.15) is 0 Å². The minimum atomic E-state index is -0.799. The van der Waals surface area contributed by atoms with Gasteiger partial charge in [-0.25, -0.2) is 0 Å². The van der Waals surface area contributed by atoms with Crippen molar-refractivity contribution in [2.45, 2.75) is 57.5 Å². The lowest BCUT2D eigenvalue weighted by molar-refractivity contribution is -0.144. The fraction of sp³-hybridized carbons (Fsp3) is 1.00. The molecule has 1 atom stereocenters. The summed E-state index contributed by atoms with van der Waals surface area (Å²) in [4.78, 5) is 0. The van der Waals surface area contributed by atoms with Gasteiger partial charge in [-0.2, -0.15) is 0 Å². The fourth-order valence-electron chi connectivity index (χ4n) is 1.40. The van der Waals surface area contributed by atoms with Crippen molar-refractivity contribution >= 4 is 0 Å². The number of rotatable bonds is 8. The van der Waals surface area contributed by atoms with Crippen LogP contribution in [0.1, 0.15) is 40.0 Å². The lowest BCUT2D eigenvalue weighted by Crippen LogP contribution is -2.35. The van der Waals surface area contributed by atoms with Crippen LogP contribution < -0.4 is 0 Å². The number of methoxy groups -OCH3 is 3. The topological polar surface area (TPSA) is 47.9 Å². The molecular weight excluding hydrogens is 208 g/mol. The van der Waals surface area contributed by atoms with Crippen LogP contribution in [0.25, 0.3) is 0 Å². The predicted molar refractivity (Wildman–Crippen MR) is 63.4 cm³/mol. The normalized spacial score (nSPS) is 16.5. The maximum atomic E-state index is 10.2. The third-order valence-electron chi connectivity index (χ3n) is 2.95. The van der Waals surface area contributed by atoms with E-state index in [2.05, 4.69) is 0 Å². The van der Waals surface area contributed by atoms with Gasteiger partial charge < -0.3 is 19.3 Å². The Morgan fingerprint density at radius 3 is 1.88 bits per heavy atom. The average Bonchev–Trinajstić information content (AvgIpc) is 2.24. The van der Waals surface area contributed by atoms with E-state index >= 15 is 0 Å². The molecule has 0 radical (unpaired) electrons. The Morgan fingerprint density at radius 1 is 1.00 bits per heavy atom. The second-order valence-electron chi connectivity index (χ2n) is 5.07. The summed E-state index contributed by atoms with van der Waals surface area (Å²) in [6.07, 6.45) is 1.54. The maximum absolute atomic E-state index is 10.2. The molecule has 0 aromatic heterocycles. The first-order valence-corrected chi connectivity index (χ1v) is 5.59. The van der Waals surface area contributed by atoms with Crippen LogP contribution in [0.2, 0.25) is 0 Å². The Labute approximate surface area is 98.9 Å². The van der Waals surface area contributed by atoms with Crippen LogP contribution >= 0.6 is 0 Å². The highest BCUT2D eigenvalue weighted by Gasteiger charge is 2.28.